The average molecular weight is 301 g/mol. The van der Waals surface area contributed by atoms with Gasteiger partial charge < -0.3 is 0 Å². The molecule has 0 aromatic rings. The Hall–Kier alpha value is 0.290. The minimum absolute atomic E-state index is 0.253. The van der Waals surface area contributed by atoms with Crippen molar-refractivity contribution in [3.8, 4) is 0 Å². The predicted molar refractivity (Wildman–Crippen MR) is 21.4 cm³/mol. The van der Waals surface area contributed by atoms with Crippen LogP contribution in [-0.2, 0) is 18.0 Å². The van der Waals surface area contributed by atoms with E-state index in [1.54, 1.807) is 5.64 Å². The molecule has 0 saturated heterocycles. The van der Waals surface area contributed by atoms with E-state index in [1.165, 1.54) is 11.3 Å². The molecule has 0 saturated carbocycles. The Morgan fingerprint density at radius 3 is 2.50 bits per heavy atom. The standard InChI is InChI=1S/H6IN4O7/c6-1-9-3-11-5(8)12-4-10-2-7/h2-4,6-8H/q-1. The fraction of sp³-hybridized carbons (Fsp3) is 0. The first-order chi connectivity index (χ1) is 5.81. The summed E-state index contributed by atoms with van der Waals surface area (Å²) >= 11 is -1.47. The number of nitrogens with zero attached hydrogens (tertiary/aromatic N) is 1. The molecule has 11 nitrogen and oxygen atoms in total. The summed E-state index contributed by atoms with van der Waals surface area (Å²) in [5, 5.41) is 15.9. The van der Waals surface area contributed by atoms with Crippen LogP contribution in [0.2, 0.25) is 0 Å². The molecule has 0 radical (unpaired) electrons. The zero-order valence-electron chi connectivity index (χ0n) is 5.30. The average Bonchev–Trinajstić information content (AvgIpc) is 2.06. The monoisotopic (exact) mass is 301 g/mol. The van der Waals surface area contributed by atoms with Crippen LogP contribution in [0.15, 0.2) is 0 Å². The van der Waals surface area contributed by atoms with Gasteiger partial charge in [-0.05, 0) is 0 Å². The topological polar surface area (TPSA) is 137 Å². The van der Waals surface area contributed by atoms with E-state index in [0.717, 1.165) is 0 Å². The number of hydrogen-bond acceptors (Lipinski definition) is 11. The Balaban J connectivity index is 3.04. The molecular formula is H6IN4O7-. The van der Waals surface area contributed by atoms with Gasteiger partial charge in [-0.1, -0.05) is 0 Å². The number of halogens is 1. The summed E-state index contributed by atoms with van der Waals surface area (Å²) in [6, 6.07) is 0. The van der Waals surface area contributed by atoms with Crippen molar-refractivity contribution in [3.63, 3.8) is 0 Å². The Bertz CT molecular complexity index is 81.5. The first-order valence-corrected chi connectivity index (χ1v) is 3.98. The first kappa shape index (κ1) is 12.3. The molecule has 0 aliphatic heterocycles. The molecule has 0 fully saturated rings. The second-order valence-electron chi connectivity index (χ2n) is 0.927. The van der Waals surface area contributed by atoms with E-state index in [2.05, 4.69) is 18.0 Å². The summed E-state index contributed by atoms with van der Waals surface area (Å²) in [7, 11) is 0. The molecule has 0 spiro atoms. The number of nitrogens with one attached hydrogen (secondary N) is 3. The molecule has 0 aliphatic carbocycles. The molecular weight excluding hydrogens is 295 g/mol. The van der Waals surface area contributed by atoms with Crippen molar-refractivity contribution in [2.24, 2.45) is 0 Å². The van der Waals surface area contributed by atoms with Crippen molar-refractivity contribution >= 4 is 0 Å². The SMILES string of the molecule is ONONON(O)ONO[I-]O. The van der Waals surface area contributed by atoms with Gasteiger partial charge >= 0.3 is 76.2 Å². The summed E-state index contributed by atoms with van der Waals surface area (Å²) < 4.78 is 12.2. The summed E-state index contributed by atoms with van der Waals surface area (Å²) in [4.78, 5) is 11.6. The zero-order valence-corrected chi connectivity index (χ0v) is 7.46. The van der Waals surface area contributed by atoms with Gasteiger partial charge in [0.15, 0.2) is 0 Å². The van der Waals surface area contributed by atoms with E-state index in [9.17, 15) is 0 Å². The van der Waals surface area contributed by atoms with Crippen LogP contribution in [-0.4, -0.2) is 19.2 Å². The molecule has 76 valence electrons. The molecule has 0 rings (SSSR count). The second-order valence-corrected chi connectivity index (χ2v) is 1.76. The normalized spacial score (nSPS) is 11.3. The van der Waals surface area contributed by atoms with Gasteiger partial charge in [0, 0.05) is 0 Å². The zero-order chi connectivity index (χ0) is 9.23. The van der Waals surface area contributed by atoms with Crippen LogP contribution in [0, 0.1) is 0 Å². The molecule has 6 N–H and O–H groups in total. The van der Waals surface area contributed by atoms with Crippen LogP contribution in [0.4, 0.5) is 0 Å². The van der Waals surface area contributed by atoms with Crippen molar-refractivity contribution in [2.75, 3.05) is 0 Å². The van der Waals surface area contributed by atoms with Gasteiger partial charge in [0.1, 0.15) is 0 Å². The Morgan fingerprint density at radius 1 is 1.25 bits per heavy atom. The van der Waals surface area contributed by atoms with Crippen molar-refractivity contribution < 1.29 is 53.9 Å². The summed E-state index contributed by atoms with van der Waals surface area (Å²) in [6.45, 7) is 0. The molecule has 0 unspecified atom stereocenters. The second kappa shape index (κ2) is 9.38. The van der Waals surface area contributed by atoms with Gasteiger partial charge in [-0.3, -0.25) is 0 Å². The third kappa shape index (κ3) is 8.39. The number of rotatable bonds is 8. The quantitative estimate of drug-likeness (QED) is 0.145. The third-order valence-electron chi connectivity index (χ3n) is 0.384. The molecule has 0 bridgehead atoms. The van der Waals surface area contributed by atoms with Crippen molar-refractivity contribution in [1.82, 2.24) is 22.3 Å². The van der Waals surface area contributed by atoms with Crippen LogP contribution in [0.1, 0.15) is 0 Å². The van der Waals surface area contributed by atoms with Gasteiger partial charge in [-0.25, -0.2) is 0 Å². The van der Waals surface area contributed by atoms with E-state index < -0.39 is 22.0 Å². The van der Waals surface area contributed by atoms with Gasteiger partial charge in [0.25, 0.3) is 0 Å². The van der Waals surface area contributed by atoms with Gasteiger partial charge in [0.05, 0.1) is 0 Å². The van der Waals surface area contributed by atoms with E-state index in [1.807, 2.05) is 0 Å². The van der Waals surface area contributed by atoms with E-state index in [4.69, 9.17) is 13.9 Å². The predicted octanol–water partition coefficient (Wildman–Crippen LogP) is -5.78. The Kier molecular flexibility index (Phi) is 9.61. The molecule has 0 heterocycles. The molecule has 0 aromatic carbocycles. The van der Waals surface area contributed by atoms with Crippen LogP contribution in [0.25, 0.3) is 0 Å². The first-order valence-electron chi connectivity index (χ1n) is 2.13. The molecule has 0 aliphatic rings. The van der Waals surface area contributed by atoms with Crippen LogP contribution in [0.5, 0.6) is 0 Å². The third-order valence-corrected chi connectivity index (χ3v) is 0.761. The Morgan fingerprint density at radius 2 is 1.92 bits per heavy atom. The molecule has 0 aromatic heterocycles. The summed E-state index contributed by atoms with van der Waals surface area (Å²) in [5.41, 5.74) is 4.31. The maximum absolute atomic E-state index is 8.43. The fourth-order valence-electron chi connectivity index (χ4n) is 0.148. The van der Waals surface area contributed by atoms with Crippen molar-refractivity contribution in [1.29, 1.82) is 0 Å². The summed E-state index contributed by atoms with van der Waals surface area (Å²) in [6.07, 6.45) is 0. The molecule has 12 heteroatoms. The number of hydrogen-bond donors (Lipinski definition) is 6. The van der Waals surface area contributed by atoms with Crippen molar-refractivity contribution in [3.05, 3.63) is 0 Å². The Labute approximate surface area is 76.7 Å². The maximum atomic E-state index is 8.43. The summed E-state index contributed by atoms with van der Waals surface area (Å²) in [5.74, 6) is 0. The van der Waals surface area contributed by atoms with Crippen LogP contribution in [0.3, 0.4) is 0 Å². The molecule has 0 amide bonds. The van der Waals surface area contributed by atoms with E-state index in [-0.39, 0.29) is 5.39 Å². The minimum atomic E-state index is -1.47. The molecule has 12 heavy (non-hydrogen) atoms. The van der Waals surface area contributed by atoms with Crippen LogP contribution >= 0.6 is 0 Å². The van der Waals surface area contributed by atoms with Gasteiger partial charge in [-0.15, -0.1) is 0 Å². The van der Waals surface area contributed by atoms with Crippen molar-refractivity contribution in [2.45, 2.75) is 0 Å². The van der Waals surface area contributed by atoms with E-state index >= 15 is 0 Å². The fourth-order valence-corrected chi connectivity index (χ4v) is 0.309. The van der Waals surface area contributed by atoms with Crippen LogP contribution < -0.4 is 39.0 Å². The van der Waals surface area contributed by atoms with Gasteiger partial charge in [0.2, 0.25) is 0 Å². The molecule has 0 atom stereocenters. The van der Waals surface area contributed by atoms with E-state index in [0.29, 0.717) is 0 Å². The van der Waals surface area contributed by atoms with Gasteiger partial charge in [-0.2, -0.15) is 0 Å².